The maximum atomic E-state index is 12.2. The van der Waals surface area contributed by atoms with E-state index in [-0.39, 0.29) is 37.5 Å². The van der Waals surface area contributed by atoms with Gasteiger partial charge in [0.15, 0.2) is 0 Å². The van der Waals surface area contributed by atoms with Crippen LogP contribution in [0.3, 0.4) is 0 Å². The highest BCUT2D eigenvalue weighted by molar-refractivity contribution is 5.85. The zero-order chi connectivity index (χ0) is 28.7. The highest BCUT2D eigenvalue weighted by Gasteiger charge is 2.21. The molecule has 9 heteroatoms. The summed E-state index contributed by atoms with van der Waals surface area (Å²) in [4.78, 5) is 48.1. The first-order chi connectivity index (χ1) is 19.3. The Kier molecular flexibility index (Phi) is 11.7. The maximum Gasteiger partial charge on any atom is 0.315 e. The highest BCUT2D eigenvalue weighted by Crippen LogP contribution is 2.23. The summed E-state index contributed by atoms with van der Waals surface area (Å²) in [6.45, 7) is 1.99. The van der Waals surface area contributed by atoms with Crippen molar-refractivity contribution >= 4 is 23.8 Å². The van der Waals surface area contributed by atoms with Crippen LogP contribution in [0.15, 0.2) is 84.9 Å². The summed E-state index contributed by atoms with van der Waals surface area (Å²) in [5.41, 5.74) is 3.58. The molecule has 0 aromatic heterocycles. The molecule has 0 radical (unpaired) electrons. The molecule has 0 aliphatic rings. The van der Waals surface area contributed by atoms with E-state index in [0.717, 1.165) is 16.7 Å². The molecule has 9 nitrogen and oxygen atoms in total. The van der Waals surface area contributed by atoms with Crippen LogP contribution in [0.25, 0.3) is 11.1 Å². The highest BCUT2D eigenvalue weighted by atomic mass is 16.4. The second-order valence-corrected chi connectivity index (χ2v) is 9.45. The first-order valence-corrected chi connectivity index (χ1v) is 13.3. The van der Waals surface area contributed by atoms with Crippen LogP contribution in [0.5, 0.6) is 0 Å². The normalized spacial score (nSPS) is 12.0. The third-order valence-electron chi connectivity index (χ3n) is 6.43. The Bertz CT molecular complexity index is 1250. The Labute approximate surface area is 234 Å². The fourth-order valence-corrected chi connectivity index (χ4v) is 4.12. The van der Waals surface area contributed by atoms with Crippen LogP contribution in [-0.4, -0.2) is 48.6 Å². The van der Waals surface area contributed by atoms with Gasteiger partial charge in [0, 0.05) is 19.5 Å². The number of urea groups is 1. The molecule has 0 aliphatic carbocycles. The molecule has 3 aromatic carbocycles. The Hall–Kier alpha value is -4.66. The van der Waals surface area contributed by atoms with Crippen molar-refractivity contribution in [3.8, 4) is 11.1 Å². The van der Waals surface area contributed by atoms with E-state index < -0.39 is 17.8 Å². The quantitative estimate of drug-likeness (QED) is 0.196. The van der Waals surface area contributed by atoms with Crippen LogP contribution in [-0.2, 0) is 14.4 Å². The van der Waals surface area contributed by atoms with Crippen molar-refractivity contribution in [2.45, 2.75) is 38.1 Å². The summed E-state index contributed by atoms with van der Waals surface area (Å²) < 4.78 is 0. The number of carbonyl (C=O) groups excluding carboxylic acids is 3. The van der Waals surface area contributed by atoms with E-state index in [4.69, 9.17) is 0 Å². The summed E-state index contributed by atoms with van der Waals surface area (Å²) >= 11 is 0. The molecule has 0 aliphatic heterocycles. The number of rotatable bonds is 14. The van der Waals surface area contributed by atoms with E-state index in [1.165, 1.54) is 0 Å². The number of benzene rings is 3. The number of carboxylic acid groups (broad SMARTS) is 1. The average molecular weight is 545 g/mol. The molecule has 5 N–H and O–H groups in total. The molecule has 1 unspecified atom stereocenters. The number of nitrogens with one attached hydrogen (secondary N) is 4. The summed E-state index contributed by atoms with van der Waals surface area (Å²) in [7, 11) is 0. The monoisotopic (exact) mass is 544 g/mol. The third kappa shape index (κ3) is 9.90. The largest absolute Gasteiger partial charge is 0.481 e. The van der Waals surface area contributed by atoms with Crippen LogP contribution >= 0.6 is 0 Å². The van der Waals surface area contributed by atoms with E-state index in [9.17, 15) is 24.3 Å². The molecule has 0 heterocycles. The van der Waals surface area contributed by atoms with Crippen molar-refractivity contribution in [3.63, 3.8) is 0 Å². The average Bonchev–Trinajstić information content (AvgIpc) is 2.97. The first kappa shape index (κ1) is 29.9. The smallest absolute Gasteiger partial charge is 0.315 e. The van der Waals surface area contributed by atoms with Gasteiger partial charge in [0.05, 0.1) is 18.5 Å². The minimum atomic E-state index is -1.05. The van der Waals surface area contributed by atoms with Crippen LogP contribution < -0.4 is 21.3 Å². The van der Waals surface area contributed by atoms with Gasteiger partial charge in [-0.2, -0.15) is 0 Å². The predicted molar refractivity (Wildman–Crippen MR) is 154 cm³/mol. The molecular formula is C31H36N4O5. The molecule has 0 bridgehead atoms. The zero-order valence-electron chi connectivity index (χ0n) is 22.6. The molecule has 210 valence electrons. The van der Waals surface area contributed by atoms with E-state index >= 15 is 0 Å². The Morgan fingerprint density at radius 3 is 1.98 bits per heavy atom. The van der Waals surface area contributed by atoms with Crippen molar-refractivity contribution in [1.29, 1.82) is 0 Å². The molecule has 3 rings (SSSR count). The lowest BCUT2D eigenvalue weighted by Crippen LogP contribution is -2.39. The molecule has 2 atom stereocenters. The van der Waals surface area contributed by atoms with Crippen molar-refractivity contribution in [2.24, 2.45) is 0 Å². The Morgan fingerprint density at radius 2 is 1.32 bits per heavy atom. The number of hydrogen-bond donors (Lipinski definition) is 5. The van der Waals surface area contributed by atoms with Gasteiger partial charge in [-0.3, -0.25) is 14.4 Å². The van der Waals surface area contributed by atoms with E-state index in [1.54, 1.807) is 12.1 Å². The second kappa shape index (κ2) is 15.7. The predicted octanol–water partition coefficient (Wildman–Crippen LogP) is 3.98. The van der Waals surface area contributed by atoms with E-state index in [0.29, 0.717) is 24.9 Å². The Balaban J connectivity index is 1.30. The van der Waals surface area contributed by atoms with Gasteiger partial charge in [0.1, 0.15) is 0 Å². The summed E-state index contributed by atoms with van der Waals surface area (Å²) in [6.07, 6.45) is 1.36. The van der Waals surface area contributed by atoms with Gasteiger partial charge in [-0.15, -0.1) is 0 Å². The van der Waals surface area contributed by atoms with E-state index in [1.807, 2.05) is 79.7 Å². The molecule has 4 amide bonds. The van der Waals surface area contributed by atoms with Crippen molar-refractivity contribution in [1.82, 2.24) is 21.3 Å². The van der Waals surface area contributed by atoms with Crippen LogP contribution in [0.1, 0.15) is 49.3 Å². The SMILES string of the molecule is C[C@@H](NC(=O)NCCCCC(=O)NCC(=O)NCC(C(=O)O)c1ccc(-c2ccccc2)cc1)c1ccccc1. The van der Waals surface area contributed by atoms with Gasteiger partial charge >= 0.3 is 12.0 Å². The van der Waals surface area contributed by atoms with Crippen LogP contribution in [0, 0.1) is 0 Å². The van der Waals surface area contributed by atoms with Crippen molar-refractivity contribution < 1.29 is 24.3 Å². The first-order valence-electron chi connectivity index (χ1n) is 13.3. The van der Waals surface area contributed by atoms with Crippen LogP contribution in [0.2, 0.25) is 0 Å². The second-order valence-electron chi connectivity index (χ2n) is 9.45. The van der Waals surface area contributed by atoms with Gasteiger partial charge in [-0.05, 0) is 42.0 Å². The minimum absolute atomic E-state index is 0.0919. The molecule has 0 spiro atoms. The van der Waals surface area contributed by atoms with Gasteiger partial charge in [0.25, 0.3) is 0 Å². The Morgan fingerprint density at radius 1 is 0.700 bits per heavy atom. The lowest BCUT2D eigenvalue weighted by atomic mass is 9.96. The lowest BCUT2D eigenvalue weighted by Gasteiger charge is -2.15. The number of carboxylic acids is 1. The topological polar surface area (TPSA) is 137 Å². The standard InChI is InChI=1S/C31H36N4O5/c1-22(23-10-4-2-5-11-23)35-31(40)32-19-9-8-14-28(36)34-21-29(37)33-20-27(30(38)39)26-17-15-25(16-18-26)24-12-6-3-7-13-24/h2-7,10-13,15-18,22,27H,8-9,14,19-21H2,1H3,(H,33,37)(H,34,36)(H,38,39)(H2,32,35,40)/t22-,27?/m1/s1. The van der Waals surface area contributed by atoms with Gasteiger partial charge in [-0.25, -0.2) is 4.79 Å². The van der Waals surface area contributed by atoms with Gasteiger partial charge in [0.2, 0.25) is 11.8 Å². The minimum Gasteiger partial charge on any atom is -0.481 e. The molecule has 40 heavy (non-hydrogen) atoms. The maximum absolute atomic E-state index is 12.2. The fraction of sp³-hybridized carbons (Fsp3) is 0.290. The lowest BCUT2D eigenvalue weighted by molar-refractivity contribution is -0.138. The van der Waals surface area contributed by atoms with Gasteiger partial charge < -0.3 is 26.4 Å². The van der Waals surface area contributed by atoms with Crippen molar-refractivity contribution in [3.05, 3.63) is 96.1 Å². The summed E-state index contributed by atoms with van der Waals surface area (Å²) in [5.74, 6) is -2.71. The van der Waals surface area contributed by atoms with Crippen molar-refractivity contribution in [2.75, 3.05) is 19.6 Å². The molecule has 0 fully saturated rings. The number of unbranched alkanes of at least 4 members (excludes halogenated alkanes) is 1. The summed E-state index contributed by atoms with van der Waals surface area (Å²) in [5, 5.41) is 20.4. The third-order valence-corrected chi connectivity index (χ3v) is 6.43. The molecular weight excluding hydrogens is 508 g/mol. The molecule has 0 saturated heterocycles. The number of amides is 4. The molecule has 3 aromatic rings. The fourth-order valence-electron chi connectivity index (χ4n) is 4.12. The molecule has 0 saturated carbocycles. The van der Waals surface area contributed by atoms with Gasteiger partial charge in [-0.1, -0.05) is 84.9 Å². The van der Waals surface area contributed by atoms with Crippen LogP contribution in [0.4, 0.5) is 4.79 Å². The summed E-state index contributed by atoms with van der Waals surface area (Å²) in [6, 6.07) is 26.2. The number of carbonyl (C=O) groups is 4. The zero-order valence-corrected chi connectivity index (χ0v) is 22.6. The number of hydrogen-bond acceptors (Lipinski definition) is 4. The van der Waals surface area contributed by atoms with E-state index in [2.05, 4.69) is 21.3 Å². The number of aliphatic carboxylic acids is 1.